The number of ether oxygens (including phenoxy) is 1. The highest BCUT2D eigenvalue weighted by Crippen LogP contribution is 2.36. The van der Waals surface area contributed by atoms with Crippen LogP contribution in [-0.4, -0.2) is 53.3 Å². The van der Waals surface area contributed by atoms with Gasteiger partial charge < -0.3 is 15.0 Å². The minimum Gasteiger partial charge on any atom is -0.479 e. The van der Waals surface area contributed by atoms with Crippen molar-refractivity contribution >= 4 is 29.1 Å². The van der Waals surface area contributed by atoms with E-state index in [0.29, 0.717) is 22.7 Å². The minimum absolute atomic E-state index is 0.0421. The first-order valence-electron chi connectivity index (χ1n) is 10.1. The van der Waals surface area contributed by atoms with Crippen LogP contribution >= 0.6 is 0 Å². The number of carbonyl (C=O) groups is 3. The smallest absolute Gasteiger partial charge is 0.268 e. The zero-order valence-corrected chi connectivity index (χ0v) is 16.8. The normalized spacial score (nSPS) is 18.4. The van der Waals surface area contributed by atoms with Crippen LogP contribution in [0.3, 0.4) is 0 Å². The monoisotopic (exact) mass is 408 g/mol. The summed E-state index contributed by atoms with van der Waals surface area (Å²) in [5.41, 5.74) is 1.41. The van der Waals surface area contributed by atoms with Crippen molar-refractivity contribution in [1.29, 1.82) is 0 Å². The number of hydrogen-bond acceptors (Lipinski definition) is 5. The number of nitrogens with one attached hydrogen (secondary N) is 1. The second-order valence-electron chi connectivity index (χ2n) is 7.50. The van der Waals surface area contributed by atoms with Crippen LogP contribution in [0, 0.1) is 0 Å². The molecular weight excluding hydrogens is 384 g/mol. The van der Waals surface area contributed by atoms with Gasteiger partial charge in [0, 0.05) is 31.2 Å². The molecule has 1 saturated heterocycles. The molecule has 30 heavy (non-hydrogen) atoms. The van der Waals surface area contributed by atoms with Crippen LogP contribution < -0.4 is 15.0 Å². The predicted molar refractivity (Wildman–Crippen MR) is 112 cm³/mol. The third kappa shape index (κ3) is 4.12. The average Bonchev–Trinajstić information content (AvgIpc) is 2.78. The Labute approximate surface area is 174 Å². The lowest BCUT2D eigenvalue weighted by molar-refractivity contribution is -0.133. The molecule has 1 fully saturated rings. The number of rotatable bonds is 4. The lowest BCUT2D eigenvalue weighted by Gasteiger charge is -2.35. The molecule has 8 nitrogen and oxygen atoms in total. The van der Waals surface area contributed by atoms with Gasteiger partial charge in [-0.2, -0.15) is 0 Å². The predicted octanol–water partition coefficient (Wildman–Crippen LogP) is 2.46. The average molecular weight is 408 g/mol. The summed E-state index contributed by atoms with van der Waals surface area (Å²) in [6.07, 6.45) is 5.49. The van der Waals surface area contributed by atoms with E-state index in [9.17, 15) is 14.4 Å². The van der Waals surface area contributed by atoms with Gasteiger partial charge in [-0.25, -0.2) is 0 Å². The van der Waals surface area contributed by atoms with E-state index in [2.05, 4.69) is 10.3 Å². The number of pyridine rings is 1. The molecule has 0 bridgehead atoms. The Morgan fingerprint density at radius 3 is 2.73 bits per heavy atom. The van der Waals surface area contributed by atoms with E-state index >= 15 is 0 Å². The molecule has 0 saturated carbocycles. The highest BCUT2D eigenvalue weighted by atomic mass is 16.5. The summed E-state index contributed by atoms with van der Waals surface area (Å²) in [4.78, 5) is 45.2. The van der Waals surface area contributed by atoms with Gasteiger partial charge in [0.25, 0.3) is 11.8 Å². The maximum Gasteiger partial charge on any atom is 0.268 e. The zero-order chi connectivity index (χ0) is 21.1. The minimum atomic E-state index is -0.678. The van der Waals surface area contributed by atoms with E-state index in [-0.39, 0.29) is 24.3 Å². The van der Waals surface area contributed by atoms with Crippen molar-refractivity contribution in [2.24, 2.45) is 0 Å². The Kier molecular flexibility index (Phi) is 5.65. The van der Waals surface area contributed by atoms with Gasteiger partial charge in [0.15, 0.2) is 6.10 Å². The Hall–Kier alpha value is -3.42. The van der Waals surface area contributed by atoms with Crippen molar-refractivity contribution in [2.45, 2.75) is 32.3 Å². The second-order valence-corrected chi connectivity index (χ2v) is 7.50. The molecule has 0 spiro atoms. The first-order chi connectivity index (χ1) is 14.5. The Bertz CT molecular complexity index is 957. The summed E-state index contributed by atoms with van der Waals surface area (Å²) < 4.78 is 5.71. The van der Waals surface area contributed by atoms with Crippen molar-refractivity contribution < 1.29 is 19.1 Å². The summed E-state index contributed by atoms with van der Waals surface area (Å²) in [5.74, 6) is -0.153. The van der Waals surface area contributed by atoms with Crippen LogP contribution in [-0.2, 0) is 9.59 Å². The Morgan fingerprint density at radius 2 is 2.00 bits per heavy atom. The fourth-order valence-electron chi connectivity index (χ4n) is 3.73. The van der Waals surface area contributed by atoms with Gasteiger partial charge in [0.05, 0.1) is 11.3 Å². The van der Waals surface area contributed by atoms with Gasteiger partial charge in [-0.05, 0) is 56.5 Å². The standard InChI is InChI=1S/C22H24N4O4/c1-15-22(29)26(14-20(27)25-10-3-2-4-11-25)18-12-17(7-8-19(18)30-15)24-21(28)16-6-5-9-23-13-16/h5-9,12-13,15H,2-4,10-11,14H2,1H3,(H,24,28). The van der Waals surface area contributed by atoms with Crippen LogP contribution in [0.5, 0.6) is 5.75 Å². The third-order valence-corrected chi connectivity index (χ3v) is 5.35. The van der Waals surface area contributed by atoms with Gasteiger partial charge in [0.1, 0.15) is 12.3 Å². The van der Waals surface area contributed by atoms with Crippen LogP contribution in [0.25, 0.3) is 0 Å². The molecule has 3 heterocycles. The summed E-state index contributed by atoms with van der Waals surface area (Å²) in [5, 5.41) is 2.80. The number of aromatic nitrogens is 1. The first kappa shape index (κ1) is 19.9. The number of anilines is 2. The quantitative estimate of drug-likeness (QED) is 0.839. The van der Waals surface area contributed by atoms with Crippen LogP contribution in [0.1, 0.15) is 36.5 Å². The SMILES string of the molecule is CC1Oc2ccc(NC(=O)c3cccnc3)cc2N(CC(=O)N2CCCCC2)C1=O. The largest absolute Gasteiger partial charge is 0.479 e. The lowest BCUT2D eigenvalue weighted by Crippen LogP contribution is -2.50. The van der Waals surface area contributed by atoms with Crippen LogP contribution in [0.15, 0.2) is 42.7 Å². The van der Waals surface area contributed by atoms with Crippen molar-refractivity contribution in [3.8, 4) is 5.75 Å². The third-order valence-electron chi connectivity index (χ3n) is 5.35. The van der Waals surface area contributed by atoms with Crippen molar-refractivity contribution in [3.63, 3.8) is 0 Å². The van der Waals surface area contributed by atoms with Gasteiger partial charge in [-0.3, -0.25) is 24.3 Å². The lowest BCUT2D eigenvalue weighted by atomic mass is 10.1. The molecule has 1 aromatic carbocycles. The molecule has 2 aromatic rings. The van der Waals surface area contributed by atoms with Crippen molar-refractivity contribution in [2.75, 3.05) is 29.9 Å². The molecule has 1 atom stereocenters. The van der Waals surface area contributed by atoms with Crippen molar-refractivity contribution in [1.82, 2.24) is 9.88 Å². The first-order valence-corrected chi connectivity index (χ1v) is 10.1. The summed E-state index contributed by atoms with van der Waals surface area (Å²) in [6.45, 7) is 3.07. The molecule has 0 radical (unpaired) electrons. The van der Waals surface area contributed by atoms with Crippen LogP contribution in [0.2, 0.25) is 0 Å². The second kappa shape index (κ2) is 8.52. The van der Waals surface area contributed by atoms with Gasteiger partial charge in [0.2, 0.25) is 5.91 Å². The summed E-state index contributed by atoms with van der Waals surface area (Å²) >= 11 is 0. The number of likely N-dealkylation sites (tertiary alicyclic amines) is 1. The zero-order valence-electron chi connectivity index (χ0n) is 16.8. The summed E-state index contributed by atoms with van der Waals surface area (Å²) in [6, 6.07) is 8.43. The fraction of sp³-hybridized carbons (Fsp3) is 0.364. The van der Waals surface area contributed by atoms with E-state index in [1.54, 1.807) is 43.5 Å². The molecule has 1 N–H and O–H groups in total. The van der Waals surface area contributed by atoms with E-state index in [4.69, 9.17) is 4.74 Å². The number of piperidine rings is 1. The van der Waals surface area contributed by atoms with Crippen LogP contribution in [0.4, 0.5) is 11.4 Å². The van der Waals surface area contributed by atoms with E-state index in [0.717, 1.165) is 32.4 Å². The molecular formula is C22H24N4O4. The highest BCUT2D eigenvalue weighted by molar-refractivity contribution is 6.06. The number of benzene rings is 1. The molecule has 3 amide bonds. The molecule has 156 valence electrons. The van der Waals surface area contributed by atoms with E-state index in [1.807, 2.05) is 4.90 Å². The van der Waals surface area contributed by atoms with Gasteiger partial charge in [-0.1, -0.05) is 0 Å². The summed E-state index contributed by atoms with van der Waals surface area (Å²) in [7, 11) is 0. The highest BCUT2D eigenvalue weighted by Gasteiger charge is 2.34. The van der Waals surface area contributed by atoms with E-state index in [1.165, 1.54) is 11.1 Å². The number of hydrogen-bond donors (Lipinski definition) is 1. The Morgan fingerprint density at radius 1 is 1.20 bits per heavy atom. The number of fused-ring (bicyclic) bond motifs is 1. The topological polar surface area (TPSA) is 91.8 Å². The molecule has 8 heteroatoms. The number of carbonyl (C=O) groups excluding carboxylic acids is 3. The van der Waals surface area contributed by atoms with Gasteiger partial charge in [-0.15, -0.1) is 0 Å². The maximum absolute atomic E-state index is 12.8. The molecule has 1 unspecified atom stereocenters. The van der Waals surface area contributed by atoms with Gasteiger partial charge >= 0.3 is 0 Å². The number of nitrogens with zero attached hydrogens (tertiary/aromatic N) is 3. The molecule has 4 rings (SSSR count). The Balaban J connectivity index is 1.56. The fourth-order valence-corrected chi connectivity index (χ4v) is 3.73. The van der Waals surface area contributed by atoms with E-state index < -0.39 is 6.10 Å². The molecule has 2 aliphatic heterocycles. The molecule has 1 aromatic heterocycles. The van der Waals surface area contributed by atoms with Crippen molar-refractivity contribution in [3.05, 3.63) is 48.3 Å². The molecule has 0 aliphatic carbocycles. The number of amides is 3. The molecule has 2 aliphatic rings. The maximum atomic E-state index is 12.8.